The Labute approximate surface area is 172 Å². The van der Waals surface area contributed by atoms with Crippen molar-refractivity contribution in [2.75, 3.05) is 17.7 Å². The van der Waals surface area contributed by atoms with Crippen LogP contribution in [0, 0.1) is 25.2 Å². The predicted octanol–water partition coefficient (Wildman–Crippen LogP) is 4.75. The first-order valence-corrected chi connectivity index (χ1v) is 9.62. The summed E-state index contributed by atoms with van der Waals surface area (Å²) in [7, 11) is 1.52. The van der Waals surface area contributed by atoms with Crippen molar-refractivity contribution in [3.63, 3.8) is 0 Å². The Morgan fingerprint density at radius 1 is 1.03 bits per heavy atom. The molecule has 1 heterocycles. The highest BCUT2D eigenvalue weighted by Crippen LogP contribution is 2.34. The summed E-state index contributed by atoms with van der Waals surface area (Å²) in [5.41, 5.74) is 2.76. The number of carbonyl (C=O) groups is 2. The summed E-state index contributed by atoms with van der Waals surface area (Å²) in [5.74, 6) is -0.170. The van der Waals surface area contributed by atoms with Gasteiger partial charge in [0.2, 0.25) is 0 Å². The molecule has 6 nitrogen and oxygen atoms in total. The van der Waals surface area contributed by atoms with E-state index in [4.69, 9.17) is 4.74 Å². The van der Waals surface area contributed by atoms with E-state index in [1.165, 1.54) is 7.11 Å². The zero-order valence-electron chi connectivity index (χ0n) is 16.2. The summed E-state index contributed by atoms with van der Waals surface area (Å²) >= 11 is 1.07. The van der Waals surface area contributed by atoms with Gasteiger partial charge >= 0.3 is 0 Å². The Morgan fingerprint density at radius 3 is 2.48 bits per heavy atom. The monoisotopic (exact) mass is 405 g/mol. The molecule has 0 aliphatic carbocycles. The number of nitriles is 1. The van der Waals surface area contributed by atoms with Crippen molar-refractivity contribution in [2.24, 2.45) is 0 Å². The molecular weight excluding hydrogens is 386 g/mol. The molecule has 29 heavy (non-hydrogen) atoms. The molecule has 3 aromatic rings. The summed E-state index contributed by atoms with van der Waals surface area (Å²) in [6, 6.07) is 16.3. The Hall–Kier alpha value is -3.63. The smallest absolute Gasteiger partial charge is 0.266 e. The summed E-state index contributed by atoms with van der Waals surface area (Å²) in [6.45, 7) is 3.58. The predicted molar refractivity (Wildman–Crippen MR) is 114 cm³/mol. The number of hydrogen-bond acceptors (Lipinski definition) is 5. The van der Waals surface area contributed by atoms with Crippen LogP contribution >= 0.6 is 11.3 Å². The van der Waals surface area contributed by atoms with Crippen molar-refractivity contribution in [3.8, 4) is 11.8 Å². The minimum atomic E-state index is -0.371. The topological polar surface area (TPSA) is 91.2 Å². The van der Waals surface area contributed by atoms with E-state index in [2.05, 4.69) is 16.7 Å². The number of nitrogens with one attached hydrogen (secondary N) is 2. The molecule has 0 saturated carbocycles. The standard InChI is InChI=1S/C22H19N3O3S/c1-13-7-6-8-15(11-13)20(26)25-22-16(12-23)14(2)19(29-22)21(27)24-17-9-4-5-10-18(17)28-3/h4-11H,1-3H3,(H,24,27)(H,25,26). The minimum absolute atomic E-state index is 0.279. The summed E-state index contributed by atoms with van der Waals surface area (Å²) in [4.78, 5) is 25.7. The van der Waals surface area contributed by atoms with Gasteiger partial charge in [-0.25, -0.2) is 0 Å². The highest BCUT2D eigenvalue weighted by Gasteiger charge is 2.22. The molecule has 0 atom stereocenters. The lowest BCUT2D eigenvalue weighted by Gasteiger charge is -2.09. The fourth-order valence-electron chi connectivity index (χ4n) is 2.84. The van der Waals surface area contributed by atoms with E-state index < -0.39 is 0 Å². The van der Waals surface area contributed by atoms with Crippen LogP contribution in [0.5, 0.6) is 5.75 Å². The second kappa shape index (κ2) is 8.59. The minimum Gasteiger partial charge on any atom is -0.495 e. The molecule has 0 aliphatic rings. The number of para-hydroxylation sites is 2. The Morgan fingerprint density at radius 2 is 1.79 bits per heavy atom. The molecule has 146 valence electrons. The molecule has 0 bridgehead atoms. The van der Waals surface area contributed by atoms with Gasteiger partial charge < -0.3 is 15.4 Å². The lowest BCUT2D eigenvalue weighted by atomic mass is 10.1. The number of aryl methyl sites for hydroxylation is 1. The van der Waals surface area contributed by atoms with Gasteiger partial charge in [0.05, 0.1) is 23.2 Å². The molecule has 2 N–H and O–H groups in total. The van der Waals surface area contributed by atoms with Crippen LogP contribution in [0.25, 0.3) is 0 Å². The molecule has 3 rings (SSSR count). The van der Waals surface area contributed by atoms with Gasteiger partial charge in [0, 0.05) is 5.56 Å². The van der Waals surface area contributed by atoms with Crippen LogP contribution in [0.2, 0.25) is 0 Å². The molecule has 1 aromatic heterocycles. The molecule has 0 saturated heterocycles. The highest BCUT2D eigenvalue weighted by atomic mass is 32.1. The van der Waals surface area contributed by atoms with E-state index >= 15 is 0 Å². The summed E-state index contributed by atoms with van der Waals surface area (Å²) in [6.07, 6.45) is 0. The van der Waals surface area contributed by atoms with Crippen LogP contribution in [-0.2, 0) is 0 Å². The number of hydrogen-bond donors (Lipinski definition) is 2. The van der Waals surface area contributed by atoms with Crippen LogP contribution in [0.15, 0.2) is 48.5 Å². The Kier molecular flexibility index (Phi) is 5.96. The first kappa shape index (κ1) is 20.1. The van der Waals surface area contributed by atoms with Crippen LogP contribution in [0.3, 0.4) is 0 Å². The maximum absolute atomic E-state index is 12.8. The van der Waals surface area contributed by atoms with Gasteiger partial charge in [0.15, 0.2) is 0 Å². The number of amides is 2. The van der Waals surface area contributed by atoms with E-state index in [-0.39, 0.29) is 17.4 Å². The average molecular weight is 405 g/mol. The molecule has 0 fully saturated rings. The normalized spacial score (nSPS) is 10.1. The van der Waals surface area contributed by atoms with E-state index in [0.29, 0.717) is 32.4 Å². The van der Waals surface area contributed by atoms with Gasteiger partial charge in [0.1, 0.15) is 16.8 Å². The second-order valence-electron chi connectivity index (χ2n) is 6.35. The number of nitrogens with zero attached hydrogens (tertiary/aromatic N) is 1. The zero-order valence-corrected chi connectivity index (χ0v) is 17.0. The summed E-state index contributed by atoms with van der Waals surface area (Å²) < 4.78 is 5.25. The van der Waals surface area contributed by atoms with Gasteiger partial charge in [-0.2, -0.15) is 5.26 Å². The largest absolute Gasteiger partial charge is 0.495 e. The molecule has 0 spiro atoms. The summed E-state index contributed by atoms with van der Waals surface area (Å²) in [5, 5.41) is 15.5. The maximum Gasteiger partial charge on any atom is 0.266 e. The number of rotatable bonds is 5. The first-order chi connectivity index (χ1) is 13.9. The second-order valence-corrected chi connectivity index (χ2v) is 7.37. The molecule has 0 radical (unpaired) electrons. The van der Waals surface area contributed by atoms with Gasteiger partial charge in [-0.05, 0) is 43.7 Å². The Balaban J connectivity index is 1.88. The molecule has 0 unspecified atom stereocenters. The van der Waals surface area contributed by atoms with Gasteiger partial charge in [-0.3, -0.25) is 9.59 Å². The number of benzene rings is 2. The van der Waals surface area contributed by atoms with Crippen LogP contribution in [0.4, 0.5) is 10.7 Å². The lowest BCUT2D eigenvalue weighted by Crippen LogP contribution is -2.12. The van der Waals surface area contributed by atoms with Crippen molar-refractivity contribution in [1.29, 1.82) is 5.26 Å². The van der Waals surface area contributed by atoms with Crippen molar-refractivity contribution >= 4 is 33.8 Å². The quantitative estimate of drug-likeness (QED) is 0.641. The third-order valence-electron chi connectivity index (χ3n) is 4.33. The highest BCUT2D eigenvalue weighted by molar-refractivity contribution is 7.18. The SMILES string of the molecule is COc1ccccc1NC(=O)c1sc(NC(=O)c2cccc(C)c2)c(C#N)c1C. The first-order valence-electron chi connectivity index (χ1n) is 8.80. The molecule has 7 heteroatoms. The average Bonchev–Trinajstić information content (AvgIpc) is 3.03. The van der Waals surface area contributed by atoms with Gasteiger partial charge in [-0.1, -0.05) is 29.8 Å². The molecular formula is C22H19N3O3S. The van der Waals surface area contributed by atoms with Crippen molar-refractivity contribution in [2.45, 2.75) is 13.8 Å². The fraction of sp³-hybridized carbons (Fsp3) is 0.136. The number of ether oxygens (including phenoxy) is 1. The van der Waals surface area contributed by atoms with E-state index in [1.807, 2.05) is 13.0 Å². The lowest BCUT2D eigenvalue weighted by molar-refractivity contribution is 0.102. The van der Waals surface area contributed by atoms with Crippen LogP contribution in [-0.4, -0.2) is 18.9 Å². The van der Waals surface area contributed by atoms with Crippen LogP contribution < -0.4 is 15.4 Å². The molecule has 0 aliphatic heterocycles. The third kappa shape index (κ3) is 4.28. The third-order valence-corrected chi connectivity index (χ3v) is 5.53. The van der Waals surface area contributed by atoms with Crippen LogP contribution in [0.1, 0.15) is 36.7 Å². The number of anilines is 2. The fourth-order valence-corrected chi connectivity index (χ4v) is 3.89. The number of thiophene rings is 1. The van der Waals surface area contributed by atoms with Gasteiger partial charge in [-0.15, -0.1) is 11.3 Å². The van der Waals surface area contributed by atoms with Crippen molar-refractivity contribution < 1.29 is 14.3 Å². The zero-order chi connectivity index (χ0) is 21.0. The van der Waals surface area contributed by atoms with E-state index in [9.17, 15) is 14.9 Å². The Bertz CT molecular complexity index is 1130. The van der Waals surface area contributed by atoms with E-state index in [1.54, 1.807) is 49.4 Å². The maximum atomic E-state index is 12.8. The molecule has 2 aromatic carbocycles. The van der Waals surface area contributed by atoms with Crippen molar-refractivity contribution in [1.82, 2.24) is 0 Å². The molecule has 2 amide bonds. The van der Waals surface area contributed by atoms with E-state index in [0.717, 1.165) is 16.9 Å². The van der Waals surface area contributed by atoms with Gasteiger partial charge in [0.25, 0.3) is 11.8 Å². The van der Waals surface area contributed by atoms with Crippen molar-refractivity contribution in [3.05, 3.63) is 75.7 Å². The number of methoxy groups -OCH3 is 1. The number of carbonyl (C=O) groups excluding carboxylic acids is 2.